The molecule has 1 fully saturated rings. The Morgan fingerprint density at radius 1 is 0.958 bits per heavy atom. The molecule has 1 saturated heterocycles. The Morgan fingerprint density at radius 3 is 2.29 bits per heavy atom. The number of amides is 3. The number of nitrogens with zero attached hydrogens (tertiary/aromatic N) is 3. The Labute approximate surface area is 287 Å². The molecule has 4 heterocycles. The number of aliphatic hydroxyl groups is 1. The Morgan fingerprint density at radius 2 is 1.67 bits per heavy atom. The minimum Gasteiger partial charge on any atom is -0.395 e. The fraction of sp³-hybridized carbons (Fsp3) is 0.324. The molecule has 3 amide bonds. The van der Waals surface area contributed by atoms with E-state index < -0.39 is 11.8 Å². The molecule has 250 valence electrons. The van der Waals surface area contributed by atoms with Crippen molar-refractivity contribution in [3.05, 3.63) is 93.5 Å². The molecule has 0 saturated carbocycles. The first-order valence-corrected chi connectivity index (χ1v) is 16.6. The number of hydrogen-bond donors (Lipinski definition) is 6. The van der Waals surface area contributed by atoms with Gasteiger partial charge in [0.05, 0.1) is 33.7 Å². The number of aliphatic hydroxyl groups excluding tert-OH is 1. The van der Waals surface area contributed by atoms with Gasteiger partial charge < -0.3 is 31.7 Å². The van der Waals surface area contributed by atoms with Gasteiger partial charge in [-0.1, -0.05) is 53.5 Å². The van der Waals surface area contributed by atoms with Crippen LogP contribution in [-0.2, 0) is 17.9 Å². The van der Waals surface area contributed by atoms with E-state index >= 15 is 0 Å². The summed E-state index contributed by atoms with van der Waals surface area (Å²) < 4.78 is 1.86. The van der Waals surface area contributed by atoms with Crippen molar-refractivity contribution in [1.82, 2.24) is 30.7 Å². The first kappa shape index (κ1) is 33.6. The number of fused-ring (bicyclic) bond motifs is 1. The average molecular weight is 692 g/mol. The number of halogens is 2. The van der Waals surface area contributed by atoms with Crippen LogP contribution in [0.2, 0.25) is 10.0 Å². The van der Waals surface area contributed by atoms with Gasteiger partial charge in [-0.05, 0) is 49.1 Å². The summed E-state index contributed by atoms with van der Waals surface area (Å²) in [5, 5.41) is 29.4. The van der Waals surface area contributed by atoms with E-state index in [0.29, 0.717) is 55.1 Å². The van der Waals surface area contributed by atoms with Crippen LogP contribution < -0.4 is 26.6 Å². The van der Waals surface area contributed by atoms with Gasteiger partial charge in [0.25, 0.3) is 11.8 Å². The Kier molecular flexibility index (Phi) is 10.7. The summed E-state index contributed by atoms with van der Waals surface area (Å²) in [6.45, 7) is 2.40. The molecule has 2 aliphatic rings. The molecule has 14 heteroatoms. The summed E-state index contributed by atoms with van der Waals surface area (Å²) in [4.78, 5) is 42.2. The second kappa shape index (κ2) is 15.3. The molecule has 6 N–H and O–H groups in total. The lowest BCUT2D eigenvalue weighted by atomic mass is 10.0. The molecule has 0 bridgehead atoms. The maximum atomic E-state index is 13.4. The number of anilines is 2. The Balaban J connectivity index is 1.14. The molecule has 2 aliphatic heterocycles. The summed E-state index contributed by atoms with van der Waals surface area (Å²) >= 11 is 13.6. The van der Waals surface area contributed by atoms with Gasteiger partial charge in [-0.25, -0.2) is 0 Å². The van der Waals surface area contributed by atoms with Crippen molar-refractivity contribution in [1.29, 1.82) is 0 Å². The minimum absolute atomic E-state index is 0.0296. The standard InChI is InChI=1S/C34H36Cl2N8O4/c35-31-22(4-1-6-25(31)41-33(47)27-11-9-20(18-38-27)17-37-13-15-45)23-5-2-7-26(32(23)36)42-34(48)28-16-29-24(8-3-14-44(29)43-28)39-19-21-10-12-30(46)40-21/h1-2,4-7,9,11,16,18,21,24,37,39,45H,3,8,10,12-15,17,19H2,(H,40,46)(H,41,47)(H,42,48)/t21-,24-/m0/s1. The molecule has 6 rings (SSSR count). The lowest BCUT2D eigenvalue weighted by Gasteiger charge is -2.25. The second-order valence-corrected chi connectivity index (χ2v) is 12.5. The zero-order valence-corrected chi connectivity index (χ0v) is 27.6. The van der Waals surface area contributed by atoms with Crippen LogP contribution in [0.4, 0.5) is 11.4 Å². The third-order valence-electron chi connectivity index (χ3n) is 8.42. The summed E-state index contributed by atoms with van der Waals surface area (Å²) in [5.41, 5.74) is 4.21. The minimum atomic E-state index is -0.429. The quantitative estimate of drug-likeness (QED) is 0.118. The molecule has 2 atom stereocenters. The highest BCUT2D eigenvalue weighted by Gasteiger charge is 2.27. The summed E-state index contributed by atoms with van der Waals surface area (Å²) in [5.74, 6) is -0.743. The number of nitrogens with one attached hydrogen (secondary N) is 5. The number of benzene rings is 2. The molecule has 4 aromatic rings. The average Bonchev–Trinajstić information content (AvgIpc) is 3.73. The van der Waals surface area contributed by atoms with Gasteiger partial charge in [0.1, 0.15) is 5.69 Å². The first-order valence-electron chi connectivity index (χ1n) is 15.9. The van der Waals surface area contributed by atoms with Crippen molar-refractivity contribution in [3.63, 3.8) is 0 Å². The molecular weight excluding hydrogens is 655 g/mol. The number of pyridine rings is 1. The number of rotatable bonds is 12. The number of carbonyl (C=O) groups excluding carboxylic acids is 3. The zero-order chi connectivity index (χ0) is 33.6. The van der Waals surface area contributed by atoms with E-state index in [1.54, 1.807) is 60.8 Å². The second-order valence-electron chi connectivity index (χ2n) is 11.8. The lowest BCUT2D eigenvalue weighted by molar-refractivity contribution is -0.119. The molecule has 0 spiro atoms. The molecule has 12 nitrogen and oxygen atoms in total. The summed E-state index contributed by atoms with van der Waals surface area (Å²) in [6.07, 6.45) is 4.80. The number of hydrogen-bond acceptors (Lipinski definition) is 8. The molecule has 2 aromatic heterocycles. The maximum absolute atomic E-state index is 13.4. The smallest absolute Gasteiger partial charge is 0.276 e. The van der Waals surface area contributed by atoms with Gasteiger partial charge in [0.2, 0.25) is 5.91 Å². The van der Waals surface area contributed by atoms with Crippen LogP contribution in [-0.4, -0.2) is 63.3 Å². The van der Waals surface area contributed by atoms with Crippen LogP contribution in [0.5, 0.6) is 0 Å². The van der Waals surface area contributed by atoms with Crippen LogP contribution in [0.3, 0.4) is 0 Å². The van der Waals surface area contributed by atoms with Gasteiger partial charge in [-0.2, -0.15) is 5.10 Å². The van der Waals surface area contributed by atoms with Crippen molar-refractivity contribution in [2.24, 2.45) is 0 Å². The van der Waals surface area contributed by atoms with Crippen molar-refractivity contribution < 1.29 is 19.5 Å². The van der Waals surface area contributed by atoms with E-state index in [0.717, 1.165) is 30.5 Å². The molecule has 0 aliphatic carbocycles. The molecule has 0 radical (unpaired) electrons. The van der Waals surface area contributed by atoms with Crippen LogP contribution in [0.15, 0.2) is 60.8 Å². The van der Waals surface area contributed by atoms with Crippen LogP contribution >= 0.6 is 23.2 Å². The first-order chi connectivity index (χ1) is 23.3. The zero-order valence-electron chi connectivity index (χ0n) is 26.1. The largest absolute Gasteiger partial charge is 0.395 e. The highest BCUT2D eigenvalue weighted by atomic mass is 35.5. The topological polar surface area (TPSA) is 162 Å². The maximum Gasteiger partial charge on any atom is 0.276 e. The van der Waals surface area contributed by atoms with Gasteiger partial charge in [0, 0.05) is 62.0 Å². The monoisotopic (exact) mass is 690 g/mol. The number of carbonyl (C=O) groups is 3. The molecule has 48 heavy (non-hydrogen) atoms. The van der Waals surface area contributed by atoms with E-state index in [9.17, 15) is 14.4 Å². The van der Waals surface area contributed by atoms with Gasteiger partial charge >= 0.3 is 0 Å². The van der Waals surface area contributed by atoms with Gasteiger partial charge in [0.15, 0.2) is 5.69 Å². The third kappa shape index (κ3) is 7.69. The predicted molar refractivity (Wildman–Crippen MR) is 184 cm³/mol. The predicted octanol–water partition coefficient (Wildman–Crippen LogP) is 4.54. The Hall–Kier alpha value is -4.33. The van der Waals surface area contributed by atoms with E-state index in [4.69, 9.17) is 28.3 Å². The van der Waals surface area contributed by atoms with Crippen molar-refractivity contribution in [3.8, 4) is 11.1 Å². The van der Waals surface area contributed by atoms with Crippen molar-refractivity contribution in [2.45, 2.75) is 50.9 Å². The van der Waals surface area contributed by atoms with Crippen LogP contribution in [0.1, 0.15) is 64.0 Å². The normalized spacial score (nSPS) is 17.1. The number of aromatic nitrogens is 3. The van der Waals surface area contributed by atoms with Crippen LogP contribution in [0.25, 0.3) is 11.1 Å². The van der Waals surface area contributed by atoms with E-state index in [1.807, 2.05) is 4.68 Å². The number of aryl methyl sites for hydroxylation is 1. The molecule has 0 unspecified atom stereocenters. The molecule has 2 aromatic carbocycles. The van der Waals surface area contributed by atoms with Crippen molar-refractivity contribution >= 4 is 52.3 Å². The van der Waals surface area contributed by atoms with E-state index in [-0.39, 0.29) is 46.0 Å². The fourth-order valence-electron chi connectivity index (χ4n) is 5.94. The summed E-state index contributed by atoms with van der Waals surface area (Å²) in [6, 6.07) is 15.8. The summed E-state index contributed by atoms with van der Waals surface area (Å²) in [7, 11) is 0. The van der Waals surface area contributed by atoms with Crippen LogP contribution in [0, 0.1) is 0 Å². The highest BCUT2D eigenvalue weighted by Crippen LogP contribution is 2.40. The van der Waals surface area contributed by atoms with Gasteiger partial charge in [-0.15, -0.1) is 0 Å². The highest BCUT2D eigenvalue weighted by molar-refractivity contribution is 6.40. The van der Waals surface area contributed by atoms with Crippen molar-refractivity contribution in [2.75, 3.05) is 30.3 Å². The SMILES string of the molecule is O=C1CC[C@@H](CN[C@H]2CCCn3nc(C(=O)Nc4cccc(-c5cccc(NC(=O)c6ccc(CNCCO)cn6)c5Cl)c4Cl)cc32)N1. The lowest BCUT2D eigenvalue weighted by Crippen LogP contribution is -2.38. The van der Waals surface area contributed by atoms with Gasteiger partial charge in [-0.3, -0.25) is 24.0 Å². The van der Waals surface area contributed by atoms with E-state index in [2.05, 4.69) is 36.7 Å². The Bertz CT molecular complexity index is 1810. The molecular formula is C34H36Cl2N8O4. The third-order valence-corrected chi connectivity index (χ3v) is 9.23. The van der Waals surface area contributed by atoms with E-state index in [1.165, 1.54) is 0 Å². The fourth-order valence-corrected chi connectivity index (χ4v) is 6.49.